The van der Waals surface area contributed by atoms with Crippen LogP contribution in [0.1, 0.15) is 57.9 Å². The topological polar surface area (TPSA) is 12.0 Å². The third-order valence-corrected chi connectivity index (χ3v) is 3.38. The van der Waals surface area contributed by atoms with Gasteiger partial charge in [0.05, 0.1) is 0 Å². The fraction of sp³-hybridized carbons (Fsp3) is 0.625. The quantitative estimate of drug-likeness (QED) is 0.658. The van der Waals surface area contributed by atoms with Crippen LogP contribution in [0.2, 0.25) is 0 Å². The van der Waals surface area contributed by atoms with Crippen molar-refractivity contribution in [3.8, 4) is 0 Å². The first-order valence-electron chi connectivity index (χ1n) is 7.02. The first-order chi connectivity index (χ1) is 8.24. The van der Waals surface area contributed by atoms with Gasteiger partial charge >= 0.3 is 0 Å². The molecule has 1 nitrogen and oxygen atoms in total. The zero-order valence-electron chi connectivity index (χ0n) is 11.6. The van der Waals surface area contributed by atoms with E-state index in [0.717, 1.165) is 6.54 Å². The molecule has 0 fully saturated rings. The van der Waals surface area contributed by atoms with Crippen LogP contribution in [0.25, 0.3) is 0 Å². The summed E-state index contributed by atoms with van der Waals surface area (Å²) in [5, 5.41) is 3.64. The minimum Gasteiger partial charge on any atom is -0.314 e. The Labute approximate surface area is 107 Å². The van der Waals surface area contributed by atoms with E-state index in [2.05, 4.69) is 56.4 Å². The van der Waals surface area contributed by atoms with Crippen molar-refractivity contribution in [1.82, 2.24) is 5.32 Å². The summed E-state index contributed by atoms with van der Waals surface area (Å²) in [6.45, 7) is 7.93. The van der Waals surface area contributed by atoms with E-state index in [4.69, 9.17) is 0 Å². The maximum Gasteiger partial charge on any atom is 0.00389 e. The van der Waals surface area contributed by atoms with Gasteiger partial charge in [0.2, 0.25) is 0 Å². The van der Waals surface area contributed by atoms with Crippen molar-refractivity contribution >= 4 is 0 Å². The van der Waals surface area contributed by atoms with E-state index >= 15 is 0 Å². The maximum atomic E-state index is 3.64. The van der Waals surface area contributed by atoms with Crippen molar-refractivity contribution in [3.05, 3.63) is 35.9 Å². The fourth-order valence-corrected chi connectivity index (χ4v) is 2.08. The molecule has 96 valence electrons. The molecule has 2 unspecified atom stereocenters. The molecule has 0 heterocycles. The zero-order valence-corrected chi connectivity index (χ0v) is 11.6. The molecule has 17 heavy (non-hydrogen) atoms. The monoisotopic (exact) mass is 233 g/mol. The number of rotatable bonds is 8. The zero-order chi connectivity index (χ0) is 12.5. The molecule has 0 bridgehead atoms. The normalized spacial score (nSPS) is 14.5. The van der Waals surface area contributed by atoms with E-state index in [0.29, 0.717) is 12.0 Å². The Kier molecular flexibility index (Phi) is 6.95. The molecule has 0 aliphatic rings. The van der Waals surface area contributed by atoms with E-state index in [9.17, 15) is 0 Å². The van der Waals surface area contributed by atoms with Crippen LogP contribution in [-0.2, 0) is 0 Å². The van der Waals surface area contributed by atoms with Gasteiger partial charge in [0.15, 0.2) is 0 Å². The van der Waals surface area contributed by atoms with Gasteiger partial charge in [0.25, 0.3) is 0 Å². The van der Waals surface area contributed by atoms with Crippen molar-refractivity contribution in [2.75, 3.05) is 6.54 Å². The Balaban J connectivity index is 2.21. The molecule has 0 aliphatic carbocycles. The van der Waals surface area contributed by atoms with Crippen LogP contribution in [0.15, 0.2) is 30.3 Å². The molecule has 0 saturated carbocycles. The third kappa shape index (κ3) is 5.88. The molecule has 0 radical (unpaired) electrons. The van der Waals surface area contributed by atoms with Crippen LogP contribution in [0, 0.1) is 0 Å². The molecular formula is C16H27N. The van der Waals surface area contributed by atoms with Gasteiger partial charge in [-0.05, 0) is 24.8 Å². The minimum atomic E-state index is 0.602. The molecule has 1 N–H and O–H groups in total. The molecular weight excluding hydrogens is 206 g/mol. The molecule has 0 aromatic heterocycles. The van der Waals surface area contributed by atoms with Crippen molar-refractivity contribution < 1.29 is 0 Å². The summed E-state index contributed by atoms with van der Waals surface area (Å²) in [7, 11) is 0. The van der Waals surface area contributed by atoms with Gasteiger partial charge in [-0.1, -0.05) is 63.4 Å². The Hall–Kier alpha value is -0.820. The van der Waals surface area contributed by atoms with Crippen molar-refractivity contribution in [2.24, 2.45) is 0 Å². The smallest absolute Gasteiger partial charge is 0.00389 e. The highest BCUT2D eigenvalue weighted by Gasteiger charge is 2.06. The summed E-state index contributed by atoms with van der Waals surface area (Å²) in [5.74, 6) is 0.602. The lowest BCUT2D eigenvalue weighted by molar-refractivity contribution is 0.472. The molecule has 0 aliphatic heterocycles. The molecule has 1 aromatic rings. The number of nitrogens with one attached hydrogen (secondary N) is 1. The van der Waals surface area contributed by atoms with Crippen molar-refractivity contribution in [1.29, 1.82) is 0 Å². The van der Waals surface area contributed by atoms with Gasteiger partial charge in [0, 0.05) is 12.6 Å². The lowest BCUT2D eigenvalue weighted by Crippen LogP contribution is -2.29. The van der Waals surface area contributed by atoms with Gasteiger partial charge in [-0.15, -0.1) is 0 Å². The van der Waals surface area contributed by atoms with Crippen LogP contribution in [0.5, 0.6) is 0 Å². The number of hydrogen-bond donors (Lipinski definition) is 1. The molecule has 1 rings (SSSR count). The summed E-state index contributed by atoms with van der Waals surface area (Å²) in [6.07, 6.45) is 5.33. The van der Waals surface area contributed by atoms with Gasteiger partial charge < -0.3 is 5.32 Å². The Bertz CT molecular complexity index is 281. The predicted octanol–water partition coefficient (Wildman–Crippen LogP) is 4.35. The molecule has 0 saturated heterocycles. The second kappa shape index (κ2) is 8.30. The van der Waals surface area contributed by atoms with E-state index in [1.165, 1.54) is 31.2 Å². The van der Waals surface area contributed by atoms with E-state index in [1.807, 2.05) is 0 Å². The lowest BCUT2D eigenvalue weighted by Gasteiger charge is -2.18. The minimum absolute atomic E-state index is 0.602. The van der Waals surface area contributed by atoms with E-state index < -0.39 is 0 Å². The second-order valence-electron chi connectivity index (χ2n) is 5.12. The van der Waals surface area contributed by atoms with Crippen LogP contribution in [-0.4, -0.2) is 12.6 Å². The Morgan fingerprint density at radius 2 is 1.76 bits per heavy atom. The van der Waals surface area contributed by atoms with Gasteiger partial charge in [-0.2, -0.15) is 0 Å². The van der Waals surface area contributed by atoms with E-state index in [-0.39, 0.29) is 0 Å². The highest BCUT2D eigenvalue weighted by Crippen LogP contribution is 2.13. The average molecular weight is 233 g/mol. The number of benzene rings is 1. The summed E-state index contributed by atoms with van der Waals surface area (Å²) in [5.41, 5.74) is 1.43. The molecule has 0 amide bonds. The highest BCUT2D eigenvalue weighted by atomic mass is 14.9. The maximum absolute atomic E-state index is 3.64. The summed E-state index contributed by atoms with van der Waals surface area (Å²) in [6, 6.07) is 11.4. The predicted molar refractivity (Wildman–Crippen MR) is 76.5 cm³/mol. The fourth-order valence-electron chi connectivity index (χ4n) is 2.08. The van der Waals surface area contributed by atoms with E-state index in [1.54, 1.807) is 0 Å². The first-order valence-corrected chi connectivity index (χ1v) is 7.02. The van der Waals surface area contributed by atoms with Gasteiger partial charge in [-0.25, -0.2) is 0 Å². The number of hydrogen-bond acceptors (Lipinski definition) is 1. The van der Waals surface area contributed by atoms with Crippen LogP contribution >= 0.6 is 0 Å². The van der Waals surface area contributed by atoms with Crippen molar-refractivity contribution in [2.45, 2.75) is 58.4 Å². The van der Waals surface area contributed by atoms with Crippen molar-refractivity contribution in [3.63, 3.8) is 0 Å². The average Bonchev–Trinajstić information content (AvgIpc) is 2.37. The molecule has 0 spiro atoms. The Morgan fingerprint density at radius 3 is 2.41 bits per heavy atom. The Morgan fingerprint density at radius 1 is 1.06 bits per heavy atom. The highest BCUT2D eigenvalue weighted by molar-refractivity contribution is 5.18. The summed E-state index contributed by atoms with van der Waals surface area (Å²) < 4.78 is 0. The van der Waals surface area contributed by atoms with Crippen LogP contribution in [0.4, 0.5) is 0 Å². The third-order valence-electron chi connectivity index (χ3n) is 3.38. The second-order valence-corrected chi connectivity index (χ2v) is 5.12. The first kappa shape index (κ1) is 14.2. The van der Waals surface area contributed by atoms with Crippen LogP contribution < -0.4 is 5.32 Å². The molecule has 2 atom stereocenters. The number of unbranched alkanes of at least 4 members (excludes halogenated alkanes) is 2. The molecule has 1 aromatic carbocycles. The largest absolute Gasteiger partial charge is 0.314 e. The van der Waals surface area contributed by atoms with Gasteiger partial charge in [-0.3, -0.25) is 0 Å². The SMILES string of the molecule is CCCCCC(C)NCC(C)c1ccccc1. The van der Waals surface area contributed by atoms with Crippen LogP contribution in [0.3, 0.4) is 0 Å². The summed E-state index contributed by atoms with van der Waals surface area (Å²) in [4.78, 5) is 0. The lowest BCUT2D eigenvalue weighted by atomic mass is 10.0. The molecule has 1 heteroatoms. The summed E-state index contributed by atoms with van der Waals surface area (Å²) >= 11 is 0. The van der Waals surface area contributed by atoms with Gasteiger partial charge in [0.1, 0.15) is 0 Å². The standard InChI is InChI=1S/C16H27N/c1-4-5-7-10-15(3)17-13-14(2)16-11-8-6-9-12-16/h6,8-9,11-12,14-15,17H,4-5,7,10,13H2,1-3H3.